The molecule has 0 unspecified atom stereocenters. The quantitative estimate of drug-likeness (QED) is 0.595. The van der Waals surface area contributed by atoms with E-state index >= 15 is 0 Å². The van der Waals surface area contributed by atoms with Crippen LogP contribution < -0.4 is 15.0 Å². The molecule has 1 atom stereocenters. The molecule has 2 aliphatic heterocycles. The maximum absolute atomic E-state index is 11.7. The highest BCUT2D eigenvalue weighted by Crippen LogP contribution is 2.28. The maximum Gasteiger partial charge on any atom is 0.290 e. The minimum atomic E-state index is -0.348. The molecule has 3 heterocycles. The highest BCUT2D eigenvalue weighted by atomic mass is 32.2. The fourth-order valence-electron chi connectivity index (χ4n) is 3.95. The summed E-state index contributed by atoms with van der Waals surface area (Å²) in [5.41, 5.74) is 1.86. The lowest BCUT2D eigenvalue weighted by molar-refractivity contribution is -0.115. The van der Waals surface area contributed by atoms with Crippen LogP contribution in [0.2, 0.25) is 0 Å². The zero-order valence-corrected chi connectivity index (χ0v) is 17.6. The number of anilines is 1. The zero-order chi connectivity index (χ0) is 21.2. The molecule has 2 saturated heterocycles. The normalized spacial score (nSPS) is 19.9. The predicted octanol–water partition coefficient (Wildman–Crippen LogP) is 4.61. The number of carbonyl (C=O) groups is 2. The third kappa shape index (κ3) is 4.27. The number of hydrogen-bond donors (Lipinski definition) is 1. The Bertz CT molecular complexity index is 1180. The van der Waals surface area contributed by atoms with Crippen molar-refractivity contribution < 1.29 is 14.3 Å². The lowest BCUT2D eigenvalue weighted by Gasteiger charge is -2.26. The summed E-state index contributed by atoms with van der Waals surface area (Å²) in [6, 6.07) is 20.2. The van der Waals surface area contributed by atoms with Crippen LogP contribution in [0.15, 0.2) is 65.6 Å². The zero-order valence-electron chi connectivity index (χ0n) is 16.8. The van der Waals surface area contributed by atoms with Gasteiger partial charge in [-0.2, -0.15) is 0 Å². The average Bonchev–Trinajstić information content (AvgIpc) is 3.38. The summed E-state index contributed by atoms with van der Waals surface area (Å²) in [7, 11) is 0. The Labute approximate surface area is 184 Å². The molecule has 3 aromatic rings. The van der Waals surface area contributed by atoms with Gasteiger partial charge in [0.1, 0.15) is 18.2 Å². The van der Waals surface area contributed by atoms with Crippen molar-refractivity contribution in [3.63, 3.8) is 0 Å². The summed E-state index contributed by atoms with van der Waals surface area (Å²) in [4.78, 5) is 30.5. The van der Waals surface area contributed by atoms with Crippen LogP contribution in [-0.2, 0) is 4.79 Å². The Hall–Kier alpha value is -3.32. The van der Waals surface area contributed by atoms with Gasteiger partial charge in [-0.1, -0.05) is 30.3 Å². The number of ether oxygens (including phenoxy) is 1. The van der Waals surface area contributed by atoms with Gasteiger partial charge in [0.2, 0.25) is 0 Å². The van der Waals surface area contributed by atoms with Crippen LogP contribution in [-0.4, -0.2) is 35.3 Å². The van der Waals surface area contributed by atoms with Crippen LogP contribution in [0.4, 0.5) is 10.6 Å². The number of imide groups is 1. The second-order valence-corrected chi connectivity index (χ2v) is 8.60. The SMILES string of the molecule is O=C1NC(=O)C(=Cc2ccc(OC[C@@H]3CCCN3c3ccc4ccccc4n3)cc2)S1. The fourth-order valence-corrected chi connectivity index (χ4v) is 4.63. The molecular formula is C24H21N3O3S. The first kappa shape index (κ1) is 19.6. The molecule has 2 aromatic carbocycles. The lowest BCUT2D eigenvalue weighted by Crippen LogP contribution is -2.34. The van der Waals surface area contributed by atoms with Crippen molar-refractivity contribution in [1.29, 1.82) is 0 Å². The standard InChI is InChI=1S/C24H21N3O3S/c28-23-21(31-24(29)26-23)14-16-7-10-19(11-8-16)30-15-18-5-3-13-27(18)22-12-9-17-4-1-2-6-20(17)25-22/h1-2,4,6-12,14,18H,3,5,13,15H2,(H,26,28,29)/t18-/m0/s1. The van der Waals surface area contributed by atoms with Crippen LogP contribution >= 0.6 is 11.8 Å². The summed E-state index contributed by atoms with van der Waals surface area (Å²) in [5.74, 6) is 1.42. The largest absolute Gasteiger partial charge is 0.491 e. The molecule has 0 spiro atoms. The molecule has 2 amide bonds. The number of rotatable bonds is 5. The van der Waals surface area contributed by atoms with E-state index in [9.17, 15) is 9.59 Å². The van der Waals surface area contributed by atoms with E-state index in [1.54, 1.807) is 6.08 Å². The second-order valence-electron chi connectivity index (χ2n) is 7.58. The summed E-state index contributed by atoms with van der Waals surface area (Å²) in [6.45, 7) is 1.56. The van der Waals surface area contributed by atoms with Gasteiger partial charge in [0, 0.05) is 11.9 Å². The molecule has 2 fully saturated rings. The molecule has 156 valence electrons. The number of benzene rings is 2. The smallest absolute Gasteiger partial charge is 0.290 e. The number of carbonyl (C=O) groups excluding carboxylic acids is 2. The van der Waals surface area contributed by atoms with E-state index in [1.807, 2.05) is 42.5 Å². The average molecular weight is 432 g/mol. The molecule has 7 heteroatoms. The summed E-state index contributed by atoms with van der Waals surface area (Å²) in [6.07, 6.45) is 3.89. The Morgan fingerprint density at radius 3 is 2.74 bits per heavy atom. The van der Waals surface area contributed by atoms with E-state index in [0.717, 1.165) is 59.2 Å². The first-order chi connectivity index (χ1) is 15.2. The van der Waals surface area contributed by atoms with Crippen molar-refractivity contribution in [3.05, 3.63) is 71.1 Å². The molecular weight excluding hydrogens is 410 g/mol. The van der Waals surface area contributed by atoms with Gasteiger partial charge in [-0.05, 0) is 66.6 Å². The first-order valence-corrected chi connectivity index (χ1v) is 11.1. The Morgan fingerprint density at radius 2 is 1.94 bits per heavy atom. The highest BCUT2D eigenvalue weighted by Gasteiger charge is 2.27. The summed E-state index contributed by atoms with van der Waals surface area (Å²) in [5, 5.41) is 3.07. The summed E-state index contributed by atoms with van der Waals surface area (Å²) < 4.78 is 6.06. The van der Waals surface area contributed by atoms with E-state index < -0.39 is 0 Å². The van der Waals surface area contributed by atoms with E-state index in [0.29, 0.717) is 11.5 Å². The van der Waals surface area contributed by atoms with Crippen LogP contribution in [0.1, 0.15) is 18.4 Å². The van der Waals surface area contributed by atoms with Gasteiger partial charge in [0.05, 0.1) is 16.5 Å². The minimum Gasteiger partial charge on any atom is -0.491 e. The lowest BCUT2D eigenvalue weighted by atomic mass is 10.2. The van der Waals surface area contributed by atoms with Gasteiger partial charge < -0.3 is 9.64 Å². The van der Waals surface area contributed by atoms with E-state index in [4.69, 9.17) is 9.72 Å². The number of nitrogens with zero attached hydrogens (tertiary/aromatic N) is 2. The van der Waals surface area contributed by atoms with Crippen LogP contribution in [0, 0.1) is 0 Å². The molecule has 0 saturated carbocycles. The van der Waals surface area contributed by atoms with Crippen molar-refractivity contribution in [2.75, 3.05) is 18.1 Å². The van der Waals surface area contributed by atoms with Crippen LogP contribution in [0.25, 0.3) is 17.0 Å². The molecule has 0 bridgehead atoms. The van der Waals surface area contributed by atoms with Crippen LogP contribution in [0.5, 0.6) is 5.75 Å². The van der Waals surface area contributed by atoms with Gasteiger partial charge >= 0.3 is 0 Å². The molecule has 1 aromatic heterocycles. The first-order valence-electron chi connectivity index (χ1n) is 10.3. The minimum absolute atomic E-state index is 0.278. The van der Waals surface area contributed by atoms with E-state index in [1.165, 1.54) is 0 Å². The third-order valence-corrected chi connectivity index (χ3v) is 6.33. The number of amides is 2. The van der Waals surface area contributed by atoms with E-state index in [2.05, 4.69) is 28.4 Å². The second kappa shape index (κ2) is 8.43. The van der Waals surface area contributed by atoms with Crippen molar-refractivity contribution in [3.8, 4) is 5.75 Å². The van der Waals surface area contributed by atoms with Crippen molar-refractivity contribution in [2.45, 2.75) is 18.9 Å². The topological polar surface area (TPSA) is 71.5 Å². The van der Waals surface area contributed by atoms with Crippen molar-refractivity contribution in [1.82, 2.24) is 10.3 Å². The predicted molar refractivity (Wildman–Crippen MR) is 123 cm³/mol. The van der Waals surface area contributed by atoms with Gasteiger partial charge in [0.15, 0.2) is 0 Å². The number of para-hydroxylation sites is 1. The van der Waals surface area contributed by atoms with Gasteiger partial charge in [-0.15, -0.1) is 0 Å². The monoisotopic (exact) mass is 431 g/mol. The molecule has 31 heavy (non-hydrogen) atoms. The number of aromatic nitrogens is 1. The number of thioether (sulfide) groups is 1. The highest BCUT2D eigenvalue weighted by molar-refractivity contribution is 8.18. The van der Waals surface area contributed by atoms with Gasteiger partial charge in [-0.3, -0.25) is 14.9 Å². The Kier molecular flexibility index (Phi) is 5.34. The number of nitrogens with one attached hydrogen (secondary N) is 1. The fraction of sp³-hybridized carbons (Fsp3) is 0.208. The van der Waals surface area contributed by atoms with Gasteiger partial charge in [-0.25, -0.2) is 4.98 Å². The number of pyridine rings is 1. The van der Waals surface area contributed by atoms with Crippen molar-refractivity contribution in [2.24, 2.45) is 0 Å². The van der Waals surface area contributed by atoms with Crippen LogP contribution in [0.3, 0.4) is 0 Å². The molecule has 0 aliphatic carbocycles. The summed E-state index contributed by atoms with van der Waals surface area (Å²) >= 11 is 0.917. The van der Waals surface area contributed by atoms with Crippen molar-refractivity contribution >= 4 is 45.7 Å². The molecule has 2 aliphatic rings. The molecule has 6 nitrogen and oxygen atoms in total. The maximum atomic E-state index is 11.7. The number of hydrogen-bond acceptors (Lipinski definition) is 6. The number of fused-ring (bicyclic) bond motifs is 1. The third-order valence-electron chi connectivity index (χ3n) is 5.52. The molecule has 5 rings (SSSR count). The Balaban J connectivity index is 1.24. The van der Waals surface area contributed by atoms with E-state index in [-0.39, 0.29) is 17.2 Å². The molecule has 1 N–H and O–H groups in total. The Morgan fingerprint density at radius 1 is 1.10 bits per heavy atom. The molecule has 0 radical (unpaired) electrons. The van der Waals surface area contributed by atoms with Gasteiger partial charge in [0.25, 0.3) is 11.1 Å².